The molecule has 5 aromatic rings. The summed E-state index contributed by atoms with van der Waals surface area (Å²) < 4.78 is 12.2. The van der Waals surface area contributed by atoms with Crippen molar-refractivity contribution in [3.05, 3.63) is 168 Å². The van der Waals surface area contributed by atoms with Crippen LogP contribution in [0.2, 0.25) is 0 Å². The average Bonchev–Trinajstić information content (AvgIpc) is 3.04. The lowest BCUT2D eigenvalue weighted by Gasteiger charge is -2.16. The predicted octanol–water partition coefficient (Wildman–Crippen LogP) is 6.14. The number of carboxylic acids is 1. The first-order valence-corrected chi connectivity index (χ1v) is 14.6. The molecular formula is C34H33O6P. The number of hydrogen-bond acceptors (Lipinski definition) is 4. The molecule has 0 amide bonds. The molecule has 0 aromatic heterocycles. The van der Waals surface area contributed by atoms with Gasteiger partial charge in [0.05, 0.1) is 17.8 Å². The van der Waals surface area contributed by atoms with E-state index in [2.05, 4.69) is 0 Å². The van der Waals surface area contributed by atoms with Crippen molar-refractivity contribution >= 4 is 23.9 Å². The molecule has 0 radical (unpaired) electrons. The maximum absolute atomic E-state index is 12.2. The monoisotopic (exact) mass is 568 g/mol. The summed E-state index contributed by atoms with van der Waals surface area (Å²) in [6.07, 6.45) is -0.952. The molecule has 0 fully saturated rings. The molecule has 7 heteroatoms. The summed E-state index contributed by atoms with van der Waals surface area (Å²) in [6, 6.07) is 44.5. The number of hydrogen-bond donors (Lipinski definition) is 4. The summed E-state index contributed by atoms with van der Waals surface area (Å²) in [7, 11) is -3.40. The molecule has 5 aromatic carbocycles. The van der Waals surface area contributed by atoms with Gasteiger partial charge in [-0.1, -0.05) is 115 Å². The second-order valence-electron chi connectivity index (χ2n) is 9.01. The van der Waals surface area contributed by atoms with Crippen molar-refractivity contribution in [3.8, 4) is 0 Å². The molecule has 210 valence electrons. The van der Waals surface area contributed by atoms with Crippen LogP contribution in [0.1, 0.15) is 40.1 Å². The molecule has 0 heterocycles. The minimum atomic E-state index is -3.40. The van der Waals surface area contributed by atoms with Gasteiger partial charge in [0.2, 0.25) is 0 Å². The van der Waals surface area contributed by atoms with Crippen LogP contribution in [0.5, 0.6) is 0 Å². The van der Waals surface area contributed by atoms with Gasteiger partial charge >= 0.3 is 5.97 Å². The van der Waals surface area contributed by atoms with Gasteiger partial charge in [-0.3, -0.25) is 4.57 Å². The molecule has 0 aliphatic rings. The van der Waals surface area contributed by atoms with Gasteiger partial charge in [-0.25, -0.2) is 4.79 Å². The predicted molar refractivity (Wildman–Crippen MR) is 163 cm³/mol. The maximum Gasteiger partial charge on any atom is 0.335 e. The maximum atomic E-state index is 12.2. The van der Waals surface area contributed by atoms with Gasteiger partial charge in [-0.05, 0) is 47.5 Å². The standard InChI is InChI=1S/C15H16O2.C12H11O2P.C7H6O2/c16-14(12-7-3-1-4-8-12)11-15(17)13-9-5-2-6-10-13;13-15(14,11-7-3-1-4-8-11)12-9-5-2-6-10-12;8-7(9)6-4-2-1-3-5-6/h1-10,14-17H,11H2;1-10H,(H,13,14);1-5H,(H,8,9). The fraction of sp³-hybridized carbons (Fsp3) is 0.0882. The van der Waals surface area contributed by atoms with Gasteiger partial charge in [0.25, 0.3) is 7.37 Å². The van der Waals surface area contributed by atoms with Crippen LogP contribution in [-0.2, 0) is 4.57 Å². The zero-order valence-electron chi connectivity index (χ0n) is 22.3. The van der Waals surface area contributed by atoms with Crippen LogP contribution in [0.15, 0.2) is 152 Å². The summed E-state index contributed by atoms with van der Waals surface area (Å²) in [6.45, 7) is 0. The molecule has 2 unspecified atom stereocenters. The van der Waals surface area contributed by atoms with Crippen LogP contribution >= 0.6 is 7.37 Å². The highest BCUT2D eigenvalue weighted by Crippen LogP contribution is 2.37. The minimum Gasteiger partial charge on any atom is -0.478 e. The molecule has 5 rings (SSSR count). The van der Waals surface area contributed by atoms with Crippen molar-refractivity contribution in [2.45, 2.75) is 18.6 Å². The summed E-state index contributed by atoms with van der Waals surface area (Å²) in [5, 5.41) is 29.3. The molecule has 2 atom stereocenters. The van der Waals surface area contributed by atoms with Crippen molar-refractivity contribution in [2.75, 3.05) is 0 Å². The second-order valence-corrected chi connectivity index (χ2v) is 11.2. The molecule has 6 nitrogen and oxygen atoms in total. The number of carboxylic acid groups (broad SMARTS) is 1. The van der Waals surface area contributed by atoms with Crippen LogP contribution < -0.4 is 10.6 Å². The topological polar surface area (TPSA) is 115 Å². The molecule has 4 N–H and O–H groups in total. The van der Waals surface area contributed by atoms with Crippen molar-refractivity contribution < 1.29 is 29.6 Å². The third kappa shape index (κ3) is 9.98. The van der Waals surface area contributed by atoms with E-state index in [0.717, 1.165) is 11.1 Å². The Hall–Kier alpha value is -4.32. The van der Waals surface area contributed by atoms with E-state index in [1.165, 1.54) is 0 Å². The first kappa shape index (κ1) is 31.2. The Bertz CT molecular complexity index is 1390. The average molecular weight is 569 g/mol. The van der Waals surface area contributed by atoms with Crippen LogP contribution in [0.25, 0.3) is 0 Å². The summed E-state index contributed by atoms with van der Waals surface area (Å²) in [5.74, 6) is -0.879. The van der Waals surface area contributed by atoms with E-state index in [4.69, 9.17) is 5.11 Å². The number of aliphatic hydroxyl groups is 2. The van der Waals surface area contributed by atoms with Crippen LogP contribution in [0.4, 0.5) is 0 Å². The van der Waals surface area contributed by atoms with Crippen molar-refractivity contribution in [1.29, 1.82) is 0 Å². The first-order valence-electron chi connectivity index (χ1n) is 13.0. The van der Waals surface area contributed by atoms with Crippen LogP contribution in [0, 0.1) is 0 Å². The number of carbonyl (C=O) groups is 1. The minimum absolute atomic E-state index is 0.314. The molecule has 0 saturated heterocycles. The Morgan fingerprint density at radius 1 is 0.537 bits per heavy atom. The largest absolute Gasteiger partial charge is 0.478 e. The van der Waals surface area contributed by atoms with Crippen LogP contribution in [0.3, 0.4) is 0 Å². The molecule has 0 aliphatic heterocycles. The lowest BCUT2D eigenvalue weighted by atomic mass is 9.99. The van der Waals surface area contributed by atoms with Crippen molar-refractivity contribution in [1.82, 2.24) is 0 Å². The Balaban J connectivity index is 0.000000177. The highest BCUT2D eigenvalue weighted by atomic mass is 31.2. The zero-order valence-corrected chi connectivity index (χ0v) is 23.2. The van der Waals surface area contributed by atoms with E-state index in [1.807, 2.05) is 72.8 Å². The fourth-order valence-electron chi connectivity index (χ4n) is 3.82. The van der Waals surface area contributed by atoms with Gasteiger partial charge < -0.3 is 20.2 Å². The van der Waals surface area contributed by atoms with Gasteiger partial charge in [0.15, 0.2) is 0 Å². The molecule has 0 aliphatic carbocycles. The van der Waals surface area contributed by atoms with Gasteiger partial charge in [-0.15, -0.1) is 0 Å². The quantitative estimate of drug-likeness (QED) is 0.176. The van der Waals surface area contributed by atoms with E-state index < -0.39 is 25.5 Å². The third-order valence-electron chi connectivity index (χ3n) is 6.05. The molecule has 0 saturated carbocycles. The van der Waals surface area contributed by atoms with E-state index in [-0.39, 0.29) is 0 Å². The number of rotatable bonds is 7. The SMILES string of the molecule is O=C(O)c1ccccc1.O=P(O)(c1ccccc1)c1ccccc1.OC(CC(O)c1ccccc1)c1ccccc1. The molecule has 0 spiro atoms. The van der Waals surface area contributed by atoms with E-state index >= 15 is 0 Å². The lowest BCUT2D eigenvalue weighted by molar-refractivity contribution is 0.0696. The summed E-state index contributed by atoms with van der Waals surface area (Å²) in [5.41, 5.74) is 2.00. The lowest BCUT2D eigenvalue weighted by Crippen LogP contribution is -2.14. The van der Waals surface area contributed by atoms with Crippen LogP contribution in [-0.4, -0.2) is 26.2 Å². The molecule has 0 bridgehead atoms. The van der Waals surface area contributed by atoms with Crippen molar-refractivity contribution in [2.24, 2.45) is 0 Å². The smallest absolute Gasteiger partial charge is 0.335 e. The third-order valence-corrected chi connectivity index (χ3v) is 8.04. The summed E-state index contributed by atoms with van der Waals surface area (Å²) >= 11 is 0. The number of aliphatic hydroxyl groups excluding tert-OH is 2. The second kappa shape index (κ2) is 16.1. The fourth-order valence-corrected chi connectivity index (χ4v) is 5.27. The first-order chi connectivity index (χ1) is 19.8. The van der Waals surface area contributed by atoms with E-state index in [1.54, 1.807) is 78.9 Å². The Morgan fingerprint density at radius 2 is 0.829 bits per heavy atom. The number of aromatic carboxylic acids is 1. The zero-order chi connectivity index (χ0) is 29.5. The van der Waals surface area contributed by atoms with Gasteiger partial charge in [-0.2, -0.15) is 0 Å². The molecular weight excluding hydrogens is 535 g/mol. The Morgan fingerprint density at radius 3 is 1.12 bits per heavy atom. The van der Waals surface area contributed by atoms with E-state index in [0.29, 0.717) is 22.6 Å². The highest BCUT2D eigenvalue weighted by molar-refractivity contribution is 7.73. The number of benzene rings is 5. The highest BCUT2D eigenvalue weighted by Gasteiger charge is 2.22. The Labute approximate surface area is 240 Å². The van der Waals surface area contributed by atoms with E-state index in [9.17, 15) is 24.5 Å². The summed E-state index contributed by atoms with van der Waals surface area (Å²) in [4.78, 5) is 20.2. The van der Waals surface area contributed by atoms with Gasteiger partial charge in [0.1, 0.15) is 0 Å². The van der Waals surface area contributed by atoms with Crippen molar-refractivity contribution in [3.63, 3.8) is 0 Å². The Kier molecular flexibility index (Phi) is 12.2. The molecule has 41 heavy (non-hydrogen) atoms. The van der Waals surface area contributed by atoms with Gasteiger partial charge in [0, 0.05) is 17.0 Å². The normalized spacial score (nSPS) is 12.0.